The predicted octanol–water partition coefficient (Wildman–Crippen LogP) is 5.15. The third kappa shape index (κ3) is 2.98. The molecule has 1 heterocycles. The number of nitrogens with one attached hydrogen (secondary N) is 1. The lowest BCUT2D eigenvalue weighted by atomic mass is 10.1. The largest absolute Gasteiger partial charge is 0.340 e. The molecule has 4 heteroatoms. The fourth-order valence-electron chi connectivity index (χ4n) is 2.12. The highest BCUT2D eigenvalue weighted by molar-refractivity contribution is 6.30. The SMILES string of the molecule is CC(C)c1nc(Nc2ccc(Cl)cc2)c2ccccc2n1. The molecule has 0 aliphatic carbocycles. The molecule has 106 valence electrons. The first-order valence-corrected chi connectivity index (χ1v) is 7.30. The quantitative estimate of drug-likeness (QED) is 0.726. The van der Waals surface area contributed by atoms with E-state index in [1.165, 1.54) is 0 Å². The van der Waals surface area contributed by atoms with Gasteiger partial charge in [0.05, 0.1) is 5.52 Å². The molecule has 0 amide bonds. The summed E-state index contributed by atoms with van der Waals surface area (Å²) in [6.45, 7) is 4.19. The van der Waals surface area contributed by atoms with Crippen LogP contribution in [0.15, 0.2) is 48.5 Å². The number of hydrogen-bond donors (Lipinski definition) is 1. The van der Waals surface area contributed by atoms with Gasteiger partial charge in [-0.1, -0.05) is 37.6 Å². The van der Waals surface area contributed by atoms with Gasteiger partial charge in [-0.3, -0.25) is 0 Å². The maximum absolute atomic E-state index is 5.92. The number of benzene rings is 2. The first-order valence-electron chi connectivity index (χ1n) is 6.93. The smallest absolute Gasteiger partial charge is 0.142 e. The third-order valence-corrected chi connectivity index (χ3v) is 3.50. The summed E-state index contributed by atoms with van der Waals surface area (Å²) >= 11 is 5.92. The lowest BCUT2D eigenvalue weighted by molar-refractivity contribution is 0.785. The molecule has 0 saturated heterocycles. The van der Waals surface area contributed by atoms with Crippen molar-refractivity contribution < 1.29 is 0 Å². The number of para-hydroxylation sites is 1. The van der Waals surface area contributed by atoms with Gasteiger partial charge in [-0.2, -0.15) is 0 Å². The minimum Gasteiger partial charge on any atom is -0.340 e. The third-order valence-electron chi connectivity index (χ3n) is 3.24. The van der Waals surface area contributed by atoms with E-state index >= 15 is 0 Å². The molecule has 0 atom stereocenters. The van der Waals surface area contributed by atoms with Gasteiger partial charge in [0, 0.05) is 22.0 Å². The molecule has 0 bridgehead atoms. The van der Waals surface area contributed by atoms with Crippen molar-refractivity contribution in [3.63, 3.8) is 0 Å². The number of aromatic nitrogens is 2. The molecule has 1 aromatic heterocycles. The van der Waals surface area contributed by atoms with Crippen LogP contribution in [0, 0.1) is 0 Å². The van der Waals surface area contributed by atoms with E-state index in [1.807, 2.05) is 48.5 Å². The zero-order valence-electron chi connectivity index (χ0n) is 12.0. The Labute approximate surface area is 129 Å². The molecule has 3 nitrogen and oxygen atoms in total. The summed E-state index contributed by atoms with van der Waals surface area (Å²) in [7, 11) is 0. The number of nitrogens with zero attached hydrogens (tertiary/aromatic N) is 2. The molecule has 3 aromatic rings. The Morgan fingerprint density at radius 2 is 1.67 bits per heavy atom. The van der Waals surface area contributed by atoms with Crippen molar-refractivity contribution in [2.24, 2.45) is 0 Å². The second-order valence-corrected chi connectivity index (χ2v) is 5.67. The van der Waals surface area contributed by atoms with Crippen LogP contribution in [-0.4, -0.2) is 9.97 Å². The Hall–Kier alpha value is -2.13. The van der Waals surface area contributed by atoms with E-state index in [-0.39, 0.29) is 5.92 Å². The molecule has 0 spiro atoms. The molecule has 0 aliphatic rings. The minimum atomic E-state index is 0.278. The van der Waals surface area contributed by atoms with Crippen molar-refractivity contribution in [1.82, 2.24) is 9.97 Å². The molecule has 0 radical (unpaired) electrons. The molecule has 0 fully saturated rings. The summed E-state index contributed by atoms with van der Waals surface area (Å²) in [6, 6.07) is 15.6. The van der Waals surface area contributed by atoms with Gasteiger partial charge >= 0.3 is 0 Å². The number of hydrogen-bond acceptors (Lipinski definition) is 3. The molecule has 2 aromatic carbocycles. The van der Waals surface area contributed by atoms with Crippen molar-refractivity contribution >= 4 is 34.0 Å². The fourth-order valence-corrected chi connectivity index (χ4v) is 2.24. The van der Waals surface area contributed by atoms with Crippen molar-refractivity contribution in [2.45, 2.75) is 19.8 Å². The number of halogens is 1. The molecule has 1 N–H and O–H groups in total. The monoisotopic (exact) mass is 297 g/mol. The second kappa shape index (κ2) is 5.70. The molecule has 21 heavy (non-hydrogen) atoms. The Balaban J connectivity index is 2.09. The van der Waals surface area contributed by atoms with Crippen molar-refractivity contribution in [3.05, 3.63) is 59.4 Å². The van der Waals surface area contributed by atoms with E-state index in [0.29, 0.717) is 0 Å². The highest BCUT2D eigenvalue weighted by atomic mass is 35.5. The summed E-state index contributed by atoms with van der Waals surface area (Å²) in [5, 5.41) is 5.09. The van der Waals surface area contributed by atoms with Gasteiger partial charge in [0.25, 0.3) is 0 Å². The topological polar surface area (TPSA) is 37.8 Å². The van der Waals surface area contributed by atoms with Gasteiger partial charge in [-0.25, -0.2) is 9.97 Å². The first kappa shape index (κ1) is 13.8. The Morgan fingerprint density at radius 3 is 2.38 bits per heavy atom. The number of anilines is 2. The van der Waals surface area contributed by atoms with Crippen molar-refractivity contribution in [2.75, 3.05) is 5.32 Å². The molecular weight excluding hydrogens is 282 g/mol. The Kier molecular flexibility index (Phi) is 3.76. The lowest BCUT2D eigenvalue weighted by Gasteiger charge is -2.12. The minimum absolute atomic E-state index is 0.278. The predicted molar refractivity (Wildman–Crippen MR) is 88.4 cm³/mol. The average molecular weight is 298 g/mol. The Bertz CT molecular complexity index is 767. The van der Waals surface area contributed by atoms with Gasteiger partial charge in [0.15, 0.2) is 0 Å². The standard InChI is InChI=1S/C17H16ClN3/c1-11(2)16-20-15-6-4-3-5-14(15)17(21-16)19-13-9-7-12(18)8-10-13/h3-11H,1-2H3,(H,19,20,21). The van der Waals surface area contributed by atoms with Crippen molar-refractivity contribution in [1.29, 1.82) is 0 Å². The highest BCUT2D eigenvalue weighted by Crippen LogP contribution is 2.26. The van der Waals surface area contributed by atoms with Crippen LogP contribution in [0.5, 0.6) is 0 Å². The van der Waals surface area contributed by atoms with Crippen LogP contribution in [-0.2, 0) is 0 Å². The lowest BCUT2D eigenvalue weighted by Crippen LogP contribution is -2.03. The molecule has 0 aliphatic heterocycles. The van der Waals surface area contributed by atoms with Gasteiger partial charge < -0.3 is 5.32 Å². The maximum atomic E-state index is 5.92. The summed E-state index contributed by atoms with van der Waals surface area (Å²) in [4.78, 5) is 9.28. The van der Waals surface area contributed by atoms with E-state index in [1.54, 1.807) is 0 Å². The van der Waals surface area contributed by atoms with Crippen LogP contribution in [0.25, 0.3) is 10.9 Å². The zero-order chi connectivity index (χ0) is 14.8. The fraction of sp³-hybridized carbons (Fsp3) is 0.176. The molecule has 3 rings (SSSR count). The molecular formula is C17H16ClN3. The summed E-state index contributed by atoms with van der Waals surface area (Å²) in [5.41, 5.74) is 1.91. The van der Waals surface area contributed by atoms with Gasteiger partial charge in [0.2, 0.25) is 0 Å². The van der Waals surface area contributed by atoms with E-state index < -0.39 is 0 Å². The van der Waals surface area contributed by atoms with Gasteiger partial charge in [-0.05, 0) is 36.4 Å². The van der Waals surface area contributed by atoms with Crippen LogP contribution < -0.4 is 5.32 Å². The van der Waals surface area contributed by atoms with E-state index in [4.69, 9.17) is 11.6 Å². The normalized spacial score (nSPS) is 11.0. The van der Waals surface area contributed by atoms with E-state index in [9.17, 15) is 0 Å². The van der Waals surface area contributed by atoms with E-state index in [0.717, 1.165) is 33.3 Å². The molecule has 0 unspecified atom stereocenters. The summed E-state index contributed by atoms with van der Waals surface area (Å²) in [5.74, 6) is 1.94. The highest BCUT2D eigenvalue weighted by Gasteiger charge is 2.10. The van der Waals surface area contributed by atoms with Crippen molar-refractivity contribution in [3.8, 4) is 0 Å². The van der Waals surface area contributed by atoms with Gasteiger partial charge in [0.1, 0.15) is 11.6 Å². The van der Waals surface area contributed by atoms with Gasteiger partial charge in [-0.15, -0.1) is 0 Å². The van der Waals surface area contributed by atoms with E-state index in [2.05, 4.69) is 29.1 Å². The van der Waals surface area contributed by atoms with Crippen LogP contribution in [0.1, 0.15) is 25.6 Å². The van der Waals surface area contributed by atoms with Crippen LogP contribution in [0.2, 0.25) is 5.02 Å². The number of fused-ring (bicyclic) bond motifs is 1. The Morgan fingerprint density at radius 1 is 0.952 bits per heavy atom. The second-order valence-electron chi connectivity index (χ2n) is 5.23. The summed E-state index contributed by atoms with van der Waals surface area (Å²) < 4.78 is 0. The average Bonchev–Trinajstić information content (AvgIpc) is 2.49. The van der Waals surface area contributed by atoms with Crippen LogP contribution >= 0.6 is 11.6 Å². The first-order chi connectivity index (χ1) is 10.1. The summed E-state index contributed by atoms with van der Waals surface area (Å²) in [6.07, 6.45) is 0. The maximum Gasteiger partial charge on any atom is 0.142 e. The molecule has 0 saturated carbocycles. The van der Waals surface area contributed by atoms with Crippen LogP contribution in [0.4, 0.5) is 11.5 Å². The zero-order valence-corrected chi connectivity index (χ0v) is 12.7. The number of rotatable bonds is 3. The van der Waals surface area contributed by atoms with Crippen LogP contribution in [0.3, 0.4) is 0 Å².